The molecule has 2 aromatic heterocycles. The number of imidazole rings is 1. The van der Waals surface area contributed by atoms with Crippen molar-refractivity contribution in [2.24, 2.45) is 0 Å². The molecule has 0 aliphatic rings. The van der Waals surface area contributed by atoms with Gasteiger partial charge in [-0.25, -0.2) is 18.4 Å². The highest BCUT2D eigenvalue weighted by Crippen LogP contribution is 2.26. The van der Waals surface area contributed by atoms with E-state index in [4.69, 9.17) is 16.3 Å². The molecule has 0 bridgehead atoms. The molecule has 1 amide bonds. The summed E-state index contributed by atoms with van der Waals surface area (Å²) in [4.78, 5) is 20.8. The van der Waals surface area contributed by atoms with Crippen LogP contribution in [-0.2, 0) is 10.0 Å². The molecule has 174 valence electrons. The molecule has 9 nitrogen and oxygen atoms in total. The fraction of sp³-hybridized carbons (Fsp3) is 0.0870. The molecule has 0 saturated carbocycles. The third kappa shape index (κ3) is 5.36. The van der Waals surface area contributed by atoms with Gasteiger partial charge in [-0.15, -0.1) is 0 Å². The zero-order chi connectivity index (χ0) is 24.1. The summed E-state index contributed by atoms with van der Waals surface area (Å²) in [5, 5.41) is 2.69. The van der Waals surface area contributed by atoms with Crippen LogP contribution in [0.4, 0.5) is 11.4 Å². The van der Waals surface area contributed by atoms with Gasteiger partial charge < -0.3 is 10.1 Å². The van der Waals surface area contributed by atoms with Gasteiger partial charge in [-0.05, 0) is 61.5 Å². The molecule has 0 aliphatic heterocycles. The van der Waals surface area contributed by atoms with Crippen molar-refractivity contribution < 1.29 is 17.9 Å². The summed E-state index contributed by atoms with van der Waals surface area (Å²) in [6, 6.07) is 13.9. The monoisotopic (exact) mass is 497 g/mol. The van der Waals surface area contributed by atoms with E-state index < -0.39 is 15.9 Å². The van der Waals surface area contributed by atoms with Gasteiger partial charge in [-0.2, -0.15) is 0 Å². The van der Waals surface area contributed by atoms with Crippen molar-refractivity contribution in [1.29, 1.82) is 0 Å². The minimum atomic E-state index is -4.05. The summed E-state index contributed by atoms with van der Waals surface area (Å²) in [5.74, 6) is 0.747. The van der Waals surface area contributed by atoms with Crippen LogP contribution >= 0.6 is 11.6 Å². The number of anilines is 2. The second kappa shape index (κ2) is 9.94. The molecule has 2 heterocycles. The van der Waals surface area contributed by atoms with Crippen LogP contribution in [0.2, 0.25) is 5.02 Å². The lowest BCUT2D eigenvalue weighted by atomic mass is 10.2. The van der Waals surface area contributed by atoms with Gasteiger partial charge in [0.15, 0.2) is 0 Å². The maximum Gasteiger partial charge on any atom is 0.263 e. The molecule has 0 radical (unpaired) electrons. The summed E-state index contributed by atoms with van der Waals surface area (Å²) in [5.41, 5.74) is 0.898. The lowest BCUT2D eigenvalue weighted by molar-refractivity contribution is 0.102. The molecule has 0 unspecified atom stereocenters. The first kappa shape index (κ1) is 23.3. The smallest absolute Gasteiger partial charge is 0.263 e. The van der Waals surface area contributed by atoms with Crippen molar-refractivity contribution in [3.8, 4) is 11.6 Å². The van der Waals surface area contributed by atoms with Crippen LogP contribution in [0, 0.1) is 0 Å². The van der Waals surface area contributed by atoms with Crippen molar-refractivity contribution in [3.05, 3.63) is 90.1 Å². The molecule has 4 aromatic rings. The van der Waals surface area contributed by atoms with E-state index in [1.54, 1.807) is 59.7 Å². The molecule has 2 aromatic carbocycles. The molecular formula is C23H20ClN5O4S. The number of carbonyl (C=O) groups is 1. The lowest BCUT2D eigenvalue weighted by Crippen LogP contribution is -2.16. The molecule has 0 atom stereocenters. The zero-order valence-electron chi connectivity index (χ0n) is 18.0. The number of ether oxygens (including phenoxy) is 1. The number of amides is 1. The number of aromatic nitrogens is 3. The normalized spacial score (nSPS) is 11.1. The maximum atomic E-state index is 12.9. The number of nitrogens with one attached hydrogen (secondary N) is 2. The Morgan fingerprint density at radius 1 is 1.09 bits per heavy atom. The van der Waals surface area contributed by atoms with E-state index in [0.29, 0.717) is 29.5 Å². The van der Waals surface area contributed by atoms with Crippen molar-refractivity contribution >= 4 is 38.9 Å². The third-order valence-corrected chi connectivity index (χ3v) is 6.54. The van der Waals surface area contributed by atoms with Crippen LogP contribution in [-0.4, -0.2) is 35.5 Å². The van der Waals surface area contributed by atoms with Gasteiger partial charge >= 0.3 is 0 Å². The lowest BCUT2D eigenvalue weighted by Gasteiger charge is -2.12. The van der Waals surface area contributed by atoms with Crippen LogP contribution in [0.3, 0.4) is 0 Å². The van der Waals surface area contributed by atoms with Crippen molar-refractivity contribution in [1.82, 2.24) is 14.5 Å². The Morgan fingerprint density at radius 2 is 1.85 bits per heavy atom. The van der Waals surface area contributed by atoms with Crippen LogP contribution < -0.4 is 14.8 Å². The number of benzene rings is 2. The highest BCUT2D eigenvalue weighted by Gasteiger charge is 2.21. The first-order chi connectivity index (χ1) is 16.4. The van der Waals surface area contributed by atoms with E-state index in [1.165, 1.54) is 24.4 Å². The number of rotatable bonds is 8. The second-order valence-electron chi connectivity index (χ2n) is 7.04. The summed E-state index contributed by atoms with van der Waals surface area (Å²) in [7, 11) is -4.05. The van der Waals surface area contributed by atoms with Crippen molar-refractivity contribution in [3.63, 3.8) is 0 Å². The van der Waals surface area contributed by atoms with Gasteiger partial charge in [0.1, 0.15) is 22.8 Å². The highest BCUT2D eigenvalue weighted by molar-refractivity contribution is 7.92. The van der Waals surface area contributed by atoms with E-state index in [-0.39, 0.29) is 15.5 Å². The molecule has 0 saturated heterocycles. The number of nitrogens with zero attached hydrogens (tertiary/aromatic N) is 3. The Balaban J connectivity index is 1.51. The van der Waals surface area contributed by atoms with Crippen LogP contribution in [0.5, 0.6) is 5.75 Å². The average molecular weight is 498 g/mol. The Kier molecular flexibility index (Phi) is 6.80. The van der Waals surface area contributed by atoms with Gasteiger partial charge in [0.05, 0.1) is 23.5 Å². The fourth-order valence-electron chi connectivity index (χ4n) is 3.06. The fourth-order valence-corrected chi connectivity index (χ4v) is 4.64. The Hall–Kier alpha value is -3.89. The molecule has 11 heteroatoms. The Labute approximate surface area is 201 Å². The minimum Gasteiger partial charge on any atom is -0.494 e. The number of halogens is 1. The van der Waals surface area contributed by atoms with Crippen LogP contribution in [0.25, 0.3) is 5.82 Å². The van der Waals surface area contributed by atoms with Crippen molar-refractivity contribution in [2.45, 2.75) is 11.8 Å². The Bertz CT molecular complexity index is 1390. The van der Waals surface area contributed by atoms with Gasteiger partial charge in [0.25, 0.3) is 15.9 Å². The predicted molar refractivity (Wildman–Crippen MR) is 129 cm³/mol. The van der Waals surface area contributed by atoms with Gasteiger partial charge in [-0.1, -0.05) is 11.6 Å². The standard InChI is InChI=1S/C23H20ClN5O4S/c1-2-33-19-7-4-17(5-8-19)28-34(31,32)21-13-16(3-9-20(21)24)23(30)27-18-6-10-22(26-14-18)29-12-11-25-15-29/h3-15,28H,2H2,1H3,(H,27,30). The molecular weight excluding hydrogens is 478 g/mol. The Morgan fingerprint density at radius 3 is 2.50 bits per heavy atom. The van der Waals surface area contributed by atoms with E-state index in [0.717, 1.165) is 0 Å². The summed E-state index contributed by atoms with van der Waals surface area (Å²) >= 11 is 6.16. The van der Waals surface area contributed by atoms with Gasteiger partial charge in [0, 0.05) is 23.6 Å². The second-order valence-corrected chi connectivity index (χ2v) is 9.10. The van der Waals surface area contributed by atoms with Gasteiger partial charge in [0.2, 0.25) is 0 Å². The summed E-state index contributed by atoms with van der Waals surface area (Å²) < 4.78 is 35.4. The predicted octanol–water partition coefficient (Wildman–Crippen LogP) is 4.37. The topological polar surface area (TPSA) is 115 Å². The van der Waals surface area contributed by atoms with Crippen LogP contribution in [0.15, 0.2) is 84.4 Å². The third-order valence-electron chi connectivity index (χ3n) is 4.68. The molecule has 4 rings (SSSR count). The minimum absolute atomic E-state index is 0.0126. The molecule has 0 fully saturated rings. The number of carbonyl (C=O) groups excluding carboxylic acids is 1. The molecule has 34 heavy (non-hydrogen) atoms. The van der Waals surface area contributed by atoms with E-state index in [9.17, 15) is 13.2 Å². The SMILES string of the molecule is CCOc1ccc(NS(=O)(=O)c2cc(C(=O)Nc3ccc(-n4ccnc4)nc3)ccc2Cl)cc1. The van der Waals surface area contributed by atoms with E-state index in [1.807, 2.05) is 6.92 Å². The molecule has 0 spiro atoms. The number of sulfonamides is 1. The number of hydrogen-bond acceptors (Lipinski definition) is 6. The van der Waals surface area contributed by atoms with Crippen molar-refractivity contribution in [2.75, 3.05) is 16.6 Å². The highest BCUT2D eigenvalue weighted by atomic mass is 35.5. The van der Waals surface area contributed by atoms with E-state index in [2.05, 4.69) is 20.0 Å². The largest absolute Gasteiger partial charge is 0.494 e. The summed E-state index contributed by atoms with van der Waals surface area (Å²) in [6.07, 6.45) is 6.48. The van der Waals surface area contributed by atoms with E-state index >= 15 is 0 Å². The van der Waals surface area contributed by atoms with Crippen LogP contribution in [0.1, 0.15) is 17.3 Å². The quantitative estimate of drug-likeness (QED) is 0.373. The zero-order valence-corrected chi connectivity index (χ0v) is 19.5. The first-order valence-electron chi connectivity index (χ1n) is 10.2. The molecule has 0 aliphatic carbocycles. The summed E-state index contributed by atoms with van der Waals surface area (Å²) in [6.45, 7) is 2.36. The van der Waals surface area contributed by atoms with Gasteiger partial charge in [-0.3, -0.25) is 14.1 Å². The number of pyridine rings is 1. The number of hydrogen-bond donors (Lipinski definition) is 2. The molecule has 2 N–H and O–H groups in total. The first-order valence-corrected chi connectivity index (χ1v) is 12.0. The maximum absolute atomic E-state index is 12.9. The average Bonchev–Trinajstić information content (AvgIpc) is 3.36.